The van der Waals surface area contributed by atoms with Crippen LogP contribution in [0, 0.1) is 6.92 Å². The summed E-state index contributed by atoms with van der Waals surface area (Å²) >= 11 is 0. The van der Waals surface area contributed by atoms with E-state index < -0.39 is 0 Å². The van der Waals surface area contributed by atoms with E-state index in [1.165, 1.54) is 76.3 Å². The summed E-state index contributed by atoms with van der Waals surface area (Å²) in [5, 5.41) is 0. The number of aryl methyl sites for hydroxylation is 1. The molecule has 0 aliphatic rings. The summed E-state index contributed by atoms with van der Waals surface area (Å²) in [4.78, 5) is 2.28. The average Bonchev–Trinajstić information content (AvgIpc) is 2.50. The Balaban J connectivity index is 0. The molecule has 0 saturated carbocycles. The van der Waals surface area contributed by atoms with E-state index in [4.69, 9.17) is 0 Å². The van der Waals surface area contributed by atoms with Crippen molar-refractivity contribution in [3.8, 4) is 0 Å². The van der Waals surface area contributed by atoms with Gasteiger partial charge in [0.05, 0.1) is 0 Å². The van der Waals surface area contributed by atoms with Gasteiger partial charge in [-0.1, -0.05) is 101 Å². The molecule has 0 radical (unpaired) electrons. The lowest BCUT2D eigenvalue weighted by Crippen LogP contribution is -2.12. The maximum Gasteiger partial charge on any atom is -0.00248 e. The zero-order valence-electron chi connectivity index (χ0n) is 16.0. The molecular weight excluding hydrogens is 346 g/mol. The summed E-state index contributed by atoms with van der Waals surface area (Å²) in [6, 6.07) is 10.3. The first kappa shape index (κ1) is 24.9. The molecule has 136 valence electrons. The zero-order valence-corrected chi connectivity index (χ0v) is 17.7. The fourth-order valence-corrected chi connectivity index (χ4v) is 2.45. The molecule has 0 fully saturated rings. The summed E-state index contributed by atoms with van der Waals surface area (Å²) in [6.07, 6.45) is 14.4. The molecule has 23 heavy (non-hydrogen) atoms. The second-order valence-electron chi connectivity index (χ2n) is 6.64. The van der Waals surface area contributed by atoms with Gasteiger partial charge in [-0.2, -0.15) is 0 Å². The fourth-order valence-electron chi connectivity index (χ4n) is 2.45. The zero-order chi connectivity index (χ0) is 16.5. The Hall–Kier alpha value is -0.340. The molecule has 0 saturated heterocycles. The number of benzene rings is 1. The van der Waals surface area contributed by atoms with Crippen molar-refractivity contribution >= 4 is 17.0 Å². The maximum atomic E-state index is 2.28. The molecule has 1 nitrogen and oxygen atoms in total. The van der Waals surface area contributed by atoms with Crippen LogP contribution in [-0.4, -0.2) is 25.5 Å². The van der Waals surface area contributed by atoms with E-state index in [-0.39, 0.29) is 17.0 Å². The van der Waals surface area contributed by atoms with Crippen molar-refractivity contribution < 1.29 is 0 Å². The van der Waals surface area contributed by atoms with E-state index in [2.05, 4.69) is 45.0 Å². The number of rotatable bonds is 11. The summed E-state index contributed by atoms with van der Waals surface area (Å²) in [7, 11) is 4.32. The van der Waals surface area contributed by atoms with Crippen molar-refractivity contribution in [3.05, 3.63) is 35.9 Å². The van der Waals surface area contributed by atoms with Crippen LogP contribution in [0.3, 0.4) is 0 Å². The number of hydrogen-bond acceptors (Lipinski definition) is 1. The van der Waals surface area contributed by atoms with Crippen molar-refractivity contribution in [2.75, 3.05) is 20.6 Å². The Morgan fingerprint density at radius 1 is 0.696 bits per heavy atom. The average molecular weight is 386 g/mol. The lowest BCUT2D eigenvalue weighted by molar-refractivity contribution is 0.389. The van der Waals surface area contributed by atoms with Crippen molar-refractivity contribution in [1.82, 2.24) is 4.90 Å². The van der Waals surface area contributed by atoms with E-state index in [0.717, 1.165) is 0 Å². The first-order valence-corrected chi connectivity index (χ1v) is 9.33. The molecule has 0 bridgehead atoms. The normalized spacial score (nSPS) is 9.96. The molecule has 0 aliphatic carbocycles. The topological polar surface area (TPSA) is 3.24 Å². The molecule has 2 heteroatoms. The van der Waals surface area contributed by atoms with Gasteiger partial charge in [-0.3, -0.25) is 0 Å². The highest BCUT2D eigenvalue weighted by atomic mass is 79.9. The number of hydrogen-bond donors (Lipinski definition) is 0. The van der Waals surface area contributed by atoms with Gasteiger partial charge in [0.15, 0.2) is 0 Å². The lowest BCUT2D eigenvalue weighted by Gasteiger charge is -2.08. The summed E-state index contributed by atoms with van der Waals surface area (Å²) in [6.45, 7) is 5.63. The second-order valence-corrected chi connectivity index (χ2v) is 6.64. The van der Waals surface area contributed by atoms with Crippen LogP contribution in [-0.2, 0) is 0 Å². The molecule has 0 aromatic heterocycles. The highest BCUT2D eigenvalue weighted by Gasteiger charge is 1.93. The van der Waals surface area contributed by atoms with Gasteiger partial charge in [0.25, 0.3) is 0 Å². The Morgan fingerprint density at radius 2 is 1.13 bits per heavy atom. The van der Waals surface area contributed by atoms with Crippen LogP contribution in [0.15, 0.2) is 30.3 Å². The van der Waals surface area contributed by atoms with Crippen molar-refractivity contribution in [1.29, 1.82) is 0 Å². The molecular formula is C21H40BrN. The van der Waals surface area contributed by atoms with Gasteiger partial charge in [-0.25, -0.2) is 0 Å². The molecule has 0 unspecified atom stereocenters. The largest absolute Gasteiger partial charge is 0.309 e. The van der Waals surface area contributed by atoms with Crippen LogP contribution in [0.5, 0.6) is 0 Å². The minimum absolute atomic E-state index is 0. The van der Waals surface area contributed by atoms with Crippen LogP contribution in [0.25, 0.3) is 0 Å². The number of halogens is 1. The minimum Gasteiger partial charge on any atom is -0.309 e. The van der Waals surface area contributed by atoms with E-state index in [0.29, 0.717) is 0 Å². The van der Waals surface area contributed by atoms with Gasteiger partial charge in [-0.15, -0.1) is 17.0 Å². The summed E-state index contributed by atoms with van der Waals surface area (Å²) < 4.78 is 0. The molecule has 0 aliphatic heterocycles. The quantitative estimate of drug-likeness (QED) is 0.369. The third kappa shape index (κ3) is 21.7. The highest BCUT2D eigenvalue weighted by molar-refractivity contribution is 8.93. The monoisotopic (exact) mass is 385 g/mol. The van der Waals surface area contributed by atoms with E-state index in [1.54, 1.807) is 0 Å². The Morgan fingerprint density at radius 3 is 1.48 bits per heavy atom. The Bertz CT molecular complexity index is 311. The maximum absolute atomic E-state index is 2.28. The van der Waals surface area contributed by atoms with Gasteiger partial charge >= 0.3 is 0 Å². The molecule has 0 atom stereocenters. The van der Waals surface area contributed by atoms with E-state index in [9.17, 15) is 0 Å². The van der Waals surface area contributed by atoms with Crippen LogP contribution in [0.1, 0.15) is 76.7 Å². The van der Waals surface area contributed by atoms with Crippen LogP contribution < -0.4 is 0 Å². The number of nitrogens with zero attached hydrogens (tertiary/aromatic N) is 1. The van der Waals surface area contributed by atoms with Crippen molar-refractivity contribution in [3.63, 3.8) is 0 Å². The summed E-state index contributed by atoms with van der Waals surface area (Å²) in [5.74, 6) is 0. The first-order valence-electron chi connectivity index (χ1n) is 9.33. The first-order chi connectivity index (χ1) is 10.7. The molecule has 1 aromatic carbocycles. The van der Waals surface area contributed by atoms with Gasteiger partial charge in [0, 0.05) is 0 Å². The van der Waals surface area contributed by atoms with Crippen molar-refractivity contribution in [2.45, 2.75) is 78.1 Å². The van der Waals surface area contributed by atoms with Crippen molar-refractivity contribution in [2.24, 2.45) is 0 Å². The molecule has 1 rings (SSSR count). The minimum atomic E-state index is 0. The van der Waals surface area contributed by atoms with Gasteiger partial charge in [0.2, 0.25) is 0 Å². The van der Waals surface area contributed by atoms with Crippen LogP contribution in [0.2, 0.25) is 0 Å². The molecule has 0 heterocycles. The fraction of sp³-hybridized carbons (Fsp3) is 0.714. The third-order valence-electron chi connectivity index (χ3n) is 3.90. The lowest BCUT2D eigenvalue weighted by atomic mass is 10.1. The smallest absolute Gasteiger partial charge is 0.00248 e. The predicted octanol–water partition coefficient (Wildman–Crippen LogP) is 7.04. The van der Waals surface area contributed by atoms with Gasteiger partial charge < -0.3 is 4.90 Å². The Labute approximate surface area is 156 Å². The second kappa shape index (κ2) is 19.7. The van der Waals surface area contributed by atoms with E-state index >= 15 is 0 Å². The van der Waals surface area contributed by atoms with Crippen LogP contribution >= 0.6 is 17.0 Å². The molecule has 0 N–H and O–H groups in total. The van der Waals surface area contributed by atoms with Gasteiger partial charge in [0.1, 0.15) is 0 Å². The molecule has 1 aromatic rings. The highest BCUT2D eigenvalue weighted by Crippen LogP contribution is 2.10. The van der Waals surface area contributed by atoms with E-state index in [1.807, 2.05) is 18.2 Å². The standard InChI is InChI=1S/C14H31N.C7H8.BrH/c1-4-5-6-7-8-9-10-11-12-13-14-15(2)3;1-7-5-3-2-4-6-7;/h4-14H2,1-3H3;2-6H,1H3;1H. The molecule has 0 amide bonds. The summed E-state index contributed by atoms with van der Waals surface area (Å²) in [5.41, 5.74) is 1.32. The third-order valence-corrected chi connectivity index (χ3v) is 3.90. The Kier molecular flexibility index (Phi) is 21.3. The van der Waals surface area contributed by atoms with Crippen LogP contribution in [0.4, 0.5) is 0 Å². The molecule has 0 spiro atoms. The predicted molar refractivity (Wildman–Crippen MR) is 112 cm³/mol. The SMILES string of the molecule is Br.CCCCCCCCCCCCN(C)C.Cc1ccccc1. The number of unbranched alkanes of at least 4 members (excludes halogenated alkanes) is 9. The van der Waals surface area contributed by atoms with Gasteiger partial charge in [-0.05, 0) is 34.0 Å².